The van der Waals surface area contributed by atoms with Crippen molar-refractivity contribution < 1.29 is 4.79 Å². The van der Waals surface area contributed by atoms with Crippen LogP contribution in [0.2, 0.25) is 0 Å². The third-order valence-electron chi connectivity index (χ3n) is 4.66. The second-order valence-corrected chi connectivity index (χ2v) is 6.64. The average molecular weight is 258 g/mol. The molecule has 1 aromatic carbocycles. The van der Waals surface area contributed by atoms with Gasteiger partial charge in [-0.1, -0.05) is 26.0 Å². The van der Waals surface area contributed by atoms with Crippen LogP contribution in [-0.4, -0.2) is 5.91 Å². The fourth-order valence-corrected chi connectivity index (χ4v) is 3.16. The number of fused-ring (bicyclic) bond motifs is 1. The van der Waals surface area contributed by atoms with E-state index in [2.05, 4.69) is 31.3 Å². The molecule has 1 amide bonds. The van der Waals surface area contributed by atoms with Gasteiger partial charge in [0, 0.05) is 18.2 Å². The molecule has 2 aliphatic rings. The standard InChI is InChI=1S/C16H22N2O/c1-16(2)9-12(16)15(17)11-6-7-13-10(8-11)4-3-5-14(19)18-13/h6-8,12,15H,3-5,9,17H2,1-2H3,(H,18,19). The molecular formula is C16H22N2O. The zero-order valence-electron chi connectivity index (χ0n) is 11.7. The van der Waals surface area contributed by atoms with Crippen LogP contribution in [0, 0.1) is 11.3 Å². The number of rotatable bonds is 2. The Morgan fingerprint density at radius 1 is 1.37 bits per heavy atom. The van der Waals surface area contributed by atoms with Crippen LogP contribution < -0.4 is 11.1 Å². The Balaban J connectivity index is 1.85. The van der Waals surface area contributed by atoms with Gasteiger partial charge in [-0.05, 0) is 47.8 Å². The van der Waals surface area contributed by atoms with Gasteiger partial charge in [-0.15, -0.1) is 0 Å². The van der Waals surface area contributed by atoms with Crippen molar-refractivity contribution in [2.24, 2.45) is 17.1 Å². The first kappa shape index (κ1) is 12.7. The summed E-state index contributed by atoms with van der Waals surface area (Å²) in [6.45, 7) is 4.56. The highest BCUT2D eigenvalue weighted by molar-refractivity contribution is 5.92. The third-order valence-corrected chi connectivity index (χ3v) is 4.66. The van der Waals surface area contributed by atoms with E-state index in [1.165, 1.54) is 17.5 Å². The molecular weight excluding hydrogens is 236 g/mol. The van der Waals surface area contributed by atoms with Gasteiger partial charge in [0.2, 0.25) is 5.91 Å². The fourth-order valence-electron chi connectivity index (χ4n) is 3.16. The molecule has 0 radical (unpaired) electrons. The monoisotopic (exact) mass is 258 g/mol. The van der Waals surface area contributed by atoms with Gasteiger partial charge in [0.15, 0.2) is 0 Å². The lowest BCUT2D eigenvalue weighted by Crippen LogP contribution is -2.16. The smallest absolute Gasteiger partial charge is 0.224 e. The number of amides is 1. The normalized spacial score (nSPS) is 26.1. The van der Waals surface area contributed by atoms with E-state index >= 15 is 0 Å². The second kappa shape index (κ2) is 4.34. The van der Waals surface area contributed by atoms with Crippen LogP contribution >= 0.6 is 0 Å². The van der Waals surface area contributed by atoms with Crippen LogP contribution in [-0.2, 0) is 11.2 Å². The van der Waals surface area contributed by atoms with E-state index < -0.39 is 0 Å². The van der Waals surface area contributed by atoms with Crippen LogP contribution in [0.5, 0.6) is 0 Å². The Morgan fingerprint density at radius 2 is 2.11 bits per heavy atom. The molecule has 3 nitrogen and oxygen atoms in total. The van der Waals surface area contributed by atoms with Gasteiger partial charge < -0.3 is 11.1 Å². The van der Waals surface area contributed by atoms with Gasteiger partial charge >= 0.3 is 0 Å². The minimum atomic E-state index is 0.124. The molecule has 2 unspecified atom stereocenters. The number of hydrogen-bond donors (Lipinski definition) is 2. The summed E-state index contributed by atoms with van der Waals surface area (Å²) in [4.78, 5) is 11.5. The lowest BCUT2D eigenvalue weighted by atomic mass is 9.95. The third kappa shape index (κ3) is 2.39. The number of benzene rings is 1. The first-order valence-electron chi connectivity index (χ1n) is 7.16. The van der Waals surface area contributed by atoms with E-state index in [1.54, 1.807) is 0 Å². The average Bonchev–Trinajstić information content (AvgIpc) is 3.03. The summed E-state index contributed by atoms with van der Waals surface area (Å²) in [5, 5.41) is 2.97. The number of nitrogens with two attached hydrogens (primary N) is 1. The highest BCUT2D eigenvalue weighted by Crippen LogP contribution is 2.57. The van der Waals surface area contributed by atoms with E-state index in [0.29, 0.717) is 17.8 Å². The molecule has 0 aromatic heterocycles. The minimum absolute atomic E-state index is 0.124. The van der Waals surface area contributed by atoms with E-state index in [1.807, 2.05) is 6.07 Å². The van der Waals surface area contributed by atoms with E-state index in [0.717, 1.165) is 18.5 Å². The molecule has 2 atom stereocenters. The summed E-state index contributed by atoms with van der Waals surface area (Å²) in [6.07, 6.45) is 3.71. The predicted octanol–water partition coefficient (Wildman–Crippen LogP) is 3.01. The van der Waals surface area contributed by atoms with Gasteiger partial charge in [0.1, 0.15) is 0 Å². The molecule has 0 saturated heterocycles. The molecule has 3 rings (SSSR count). The van der Waals surface area contributed by atoms with Crippen molar-refractivity contribution in [3.05, 3.63) is 29.3 Å². The highest BCUT2D eigenvalue weighted by Gasteiger charge is 2.49. The summed E-state index contributed by atoms with van der Waals surface area (Å²) in [6, 6.07) is 6.41. The number of carbonyl (C=O) groups is 1. The topological polar surface area (TPSA) is 55.1 Å². The van der Waals surface area contributed by atoms with Crippen LogP contribution in [0.25, 0.3) is 0 Å². The molecule has 3 heteroatoms. The molecule has 3 N–H and O–H groups in total. The van der Waals surface area contributed by atoms with Crippen molar-refractivity contribution in [3.8, 4) is 0 Å². The van der Waals surface area contributed by atoms with Crippen molar-refractivity contribution in [2.75, 3.05) is 5.32 Å². The highest BCUT2D eigenvalue weighted by atomic mass is 16.1. The maximum absolute atomic E-state index is 11.5. The predicted molar refractivity (Wildman–Crippen MR) is 76.8 cm³/mol. The molecule has 0 bridgehead atoms. The van der Waals surface area contributed by atoms with Crippen LogP contribution in [0.15, 0.2) is 18.2 Å². The van der Waals surface area contributed by atoms with Crippen molar-refractivity contribution in [1.29, 1.82) is 0 Å². The summed E-state index contributed by atoms with van der Waals surface area (Å²) in [5.74, 6) is 0.713. The summed E-state index contributed by atoms with van der Waals surface area (Å²) >= 11 is 0. The first-order chi connectivity index (χ1) is 8.97. The lowest BCUT2D eigenvalue weighted by molar-refractivity contribution is -0.116. The molecule has 1 fully saturated rings. The Bertz CT molecular complexity index is 521. The molecule has 19 heavy (non-hydrogen) atoms. The number of carbonyl (C=O) groups excluding carboxylic acids is 1. The molecule has 1 heterocycles. The van der Waals surface area contributed by atoms with E-state index in [9.17, 15) is 4.79 Å². The Labute approximate surface area is 114 Å². The quantitative estimate of drug-likeness (QED) is 0.856. The maximum Gasteiger partial charge on any atom is 0.224 e. The molecule has 1 aliphatic heterocycles. The summed E-state index contributed by atoms with van der Waals surface area (Å²) in [5.41, 5.74) is 10.2. The van der Waals surface area contributed by atoms with Crippen LogP contribution in [0.4, 0.5) is 5.69 Å². The van der Waals surface area contributed by atoms with E-state index in [4.69, 9.17) is 5.73 Å². The Hall–Kier alpha value is -1.35. The number of anilines is 1. The number of aryl methyl sites for hydroxylation is 1. The minimum Gasteiger partial charge on any atom is -0.326 e. The van der Waals surface area contributed by atoms with Crippen molar-refractivity contribution in [3.63, 3.8) is 0 Å². The lowest BCUT2D eigenvalue weighted by Gasteiger charge is -2.16. The molecule has 1 saturated carbocycles. The number of nitrogens with one attached hydrogen (secondary N) is 1. The molecule has 1 aliphatic carbocycles. The fraction of sp³-hybridized carbons (Fsp3) is 0.562. The maximum atomic E-state index is 11.5. The van der Waals surface area contributed by atoms with Crippen molar-refractivity contribution in [1.82, 2.24) is 0 Å². The van der Waals surface area contributed by atoms with Crippen LogP contribution in [0.1, 0.15) is 50.3 Å². The van der Waals surface area contributed by atoms with Gasteiger partial charge in [0.05, 0.1) is 0 Å². The SMILES string of the molecule is CC1(C)CC1C(N)c1ccc2c(c1)CCCC(=O)N2. The zero-order valence-corrected chi connectivity index (χ0v) is 11.7. The van der Waals surface area contributed by atoms with Gasteiger partial charge in [-0.25, -0.2) is 0 Å². The first-order valence-corrected chi connectivity index (χ1v) is 7.16. The van der Waals surface area contributed by atoms with Crippen molar-refractivity contribution in [2.45, 2.75) is 45.6 Å². The van der Waals surface area contributed by atoms with Gasteiger partial charge in [-0.3, -0.25) is 4.79 Å². The second-order valence-electron chi connectivity index (χ2n) is 6.64. The molecule has 0 spiro atoms. The zero-order chi connectivity index (χ0) is 13.6. The van der Waals surface area contributed by atoms with Gasteiger partial charge in [-0.2, -0.15) is 0 Å². The van der Waals surface area contributed by atoms with E-state index in [-0.39, 0.29) is 11.9 Å². The van der Waals surface area contributed by atoms with Crippen molar-refractivity contribution >= 4 is 11.6 Å². The van der Waals surface area contributed by atoms with Crippen LogP contribution in [0.3, 0.4) is 0 Å². The summed E-state index contributed by atoms with van der Waals surface area (Å²) in [7, 11) is 0. The van der Waals surface area contributed by atoms with Gasteiger partial charge in [0.25, 0.3) is 0 Å². The Kier molecular flexibility index (Phi) is 2.90. The summed E-state index contributed by atoms with van der Waals surface area (Å²) < 4.78 is 0. The molecule has 1 aromatic rings. The molecule has 102 valence electrons. The number of hydrogen-bond acceptors (Lipinski definition) is 2. The largest absolute Gasteiger partial charge is 0.326 e. The Morgan fingerprint density at radius 3 is 2.79 bits per heavy atom.